The molecule has 1 aromatic heterocycles. The molecule has 0 atom stereocenters. The molecule has 0 spiro atoms. The summed E-state index contributed by atoms with van der Waals surface area (Å²) in [5, 5.41) is 0.485. The summed E-state index contributed by atoms with van der Waals surface area (Å²) < 4.78 is 5.08. The van der Waals surface area contributed by atoms with Crippen molar-refractivity contribution in [2.75, 3.05) is 6.61 Å². The number of hydrogen-bond donors (Lipinski definition) is 1. The first-order valence-electron chi connectivity index (χ1n) is 7.56. The Kier molecular flexibility index (Phi) is 4.63. The lowest BCUT2D eigenvalue weighted by molar-refractivity contribution is 0.0528. The van der Waals surface area contributed by atoms with Crippen molar-refractivity contribution in [3.05, 3.63) is 64.4 Å². The van der Waals surface area contributed by atoms with E-state index in [4.69, 9.17) is 16.3 Å². The number of fused-ring (bicyclic) bond motifs is 1. The Bertz CT molecular complexity index is 828. The van der Waals surface area contributed by atoms with Gasteiger partial charge in [-0.2, -0.15) is 0 Å². The van der Waals surface area contributed by atoms with Crippen LogP contribution in [0.1, 0.15) is 28.7 Å². The van der Waals surface area contributed by atoms with Crippen LogP contribution >= 0.6 is 11.6 Å². The number of aromatic nitrogens is 2. The summed E-state index contributed by atoms with van der Waals surface area (Å²) in [6, 6.07) is 13.6. The topological polar surface area (TPSA) is 55.0 Å². The van der Waals surface area contributed by atoms with E-state index in [1.165, 1.54) is 5.56 Å². The fourth-order valence-electron chi connectivity index (χ4n) is 2.52. The lowest BCUT2D eigenvalue weighted by Crippen LogP contribution is -2.05. The number of carbonyl (C=O) groups excluding carboxylic acids is 1. The van der Waals surface area contributed by atoms with E-state index in [1.54, 1.807) is 19.1 Å². The number of rotatable bonds is 5. The van der Waals surface area contributed by atoms with Gasteiger partial charge >= 0.3 is 5.97 Å². The minimum atomic E-state index is -0.402. The summed E-state index contributed by atoms with van der Waals surface area (Å²) in [5.74, 6) is 0.428. The van der Waals surface area contributed by atoms with Gasteiger partial charge in [0.2, 0.25) is 0 Å². The Balaban J connectivity index is 1.89. The maximum atomic E-state index is 12.1. The molecule has 0 saturated heterocycles. The number of esters is 1. The van der Waals surface area contributed by atoms with Gasteiger partial charge in [-0.15, -0.1) is 0 Å². The molecule has 1 heterocycles. The van der Waals surface area contributed by atoms with Gasteiger partial charge in [-0.1, -0.05) is 41.9 Å². The van der Waals surface area contributed by atoms with Crippen molar-refractivity contribution in [3.63, 3.8) is 0 Å². The third-order valence-corrected chi connectivity index (χ3v) is 3.81. The van der Waals surface area contributed by atoms with Crippen molar-refractivity contribution < 1.29 is 9.53 Å². The molecule has 3 aromatic rings. The van der Waals surface area contributed by atoms with Crippen molar-refractivity contribution in [3.8, 4) is 0 Å². The number of carbonyl (C=O) groups is 1. The summed E-state index contributed by atoms with van der Waals surface area (Å²) in [5.41, 5.74) is 3.01. The minimum Gasteiger partial charge on any atom is -0.462 e. The number of aromatic amines is 1. The molecule has 0 amide bonds. The largest absolute Gasteiger partial charge is 0.462 e. The van der Waals surface area contributed by atoms with Gasteiger partial charge in [0.15, 0.2) is 0 Å². The predicted molar refractivity (Wildman–Crippen MR) is 90.9 cm³/mol. The molecule has 0 unspecified atom stereocenters. The number of aryl methyl sites for hydroxylation is 2. The van der Waals surface area contributed by atoms with Crippen molar-refractivity contribution in [2.45, 2.75) is 19.8 Å². The number of halogens is 1. The molecular formula is C18H17ClN2O2. The van der Waals surface area contributed by atoms with E-state index in [-0.39, 0.29) is 0 Å². The summed E-state index contributed by atoms with van der Waals surface area (Å²) in [7, 11) is 0. The quantitative estimate of drug-likeness (QED) is 0.715. The highest BCUT2D eigenvalue weighted by molar-refractivity contribution is 6.31. The first kappa shape index (κ1) is 15.6. The van der Waals surface area contributed by atoms with E-state index in [1.807, 2.05) is 18.2 Å². The SMILES string of the molecule is CCOC(=O)c1cc(Cl)cc2[nH]c(CCc3ccccc3)nc12. The van der Waals surface area contributed by atoms with Gasteiger partial charge in [0, 0.05) is 11.4 Å². The number of benzene rings is 2. The van der Waals surface area contributed by atoms with Crippen molar-refractivity contribution in [2.24, 2.45) is 0 Å². The van der Waals surface area contributed by atoms with E-state index < -0.39 is 5.97 Å². The number of hydrogen-bond acceptors (Lipinski definition) is 3. The zero-order valence-corrected chi connectivity index (χ0v) is 13.6. The Morgan fingerprint density at radius 3 is 2.74 bits per heavy atom. The lowest BCUT2D eigenvalue weighted by Gasteiger charge is -2.02. The van der Waals surface area contributed by atoms with Crippen molar-refractivity contribution >= 4 is 28.6 Å². The third-order valence-electron chi connectivity index (χ3n) is 3.59. The lowest BCUT2D eigenvalue weighted by atomic mass is 10.1. The van der Waals surface area contributed by atoms with Crippen LogP contribution in [0.5, 0.6) is 0 Å². The number of H-pyrrole nitrogens is 1. The summed E-state index contributed by atoms with van der Waals surface area (Å²) in [6.07, 6.45) is 1.64. The molecule has 4 nitrogen and oxygen atoms in total. The van der Waals surface area contributed by atoms with Gasteiger partial charge in [0.25, 0.3) is 0 Å². The van der Waals surface area contributed by atoms with E-state index in [0.29, 0.717) is 22.7 Å². The van der Waals surface area contributed by atoms with Gasteiger partial charge in [-0.05, 0) is 31.0 Å². The zero-order chi connectivity index (χ0) is 16.2. The van der Waals surface area contributed by atoms with Gasteiger partial charge < -0.3 is 9.72 Å². The minimum absolute atomic E-state index is 0.318. The van der Waals surface area contributed by atoms with Crippen LogP contribution in [0.25, 0.3) is 11.0 Å². The average molecular weight is 329 g/mol. The predicted octanol–water partition coefficient (Wildman–Crippen LogP) is 4.18. The summed E-state index contributed by atoms with van der Waals surface area (Å²) in [4.78, 5) is 19.9. The molecule has 2 aromatic carbocycles. The summed E-state index contributed by atoms with van der Waals surface area (Å²) >= 11 is 6.09. The van der Waals surface area contributed by atoms with Gasteiger partial charge in [0.05, 0.1) is 17.7 Å². The molecule has 0 fully saturated rings. The molecule has 5 heteroatoms. The van der Waals surface area contributed by atoms with Crippen molar-refractivity contribution in [1.82, 2.24) is 9.97 Å². The Labute approximate surface area is 139 Å². The van der Waals surface area contributed by atoms with Crippen LogP contribution in [0, 0.1) is 0 Å². The Hall–Kier alpha value is -2.33. The first-order valence-corrected chi connectivity index (χ1v) is 7.94. The molecule has 0 bridgehead atoms. The maximum absolute atomic E-state index is 12.1. The molecular weight excluding hydrogens is 312 g/mol. The Morgan fingerprint density at radius 1 is 1.22 bits per heavy atom. The van der Waals surface area contributed by atoms with Crippen LogP contribution in [0.4, 0.5) is 0 Å². The van der Waals surface area contributed by atoms with E-state index in [9.17, 15) is 4.79 Å². The van der Waals surface area contributed by atoms with Crippen molar-refractivity contribution in [1.29, 1.82) is 0 Å². The second-order valence-electron chi connectivity index (χ2n) is 5.24. The number of ether oxygens (including phenoxy) is 1. The second-order valence-corrected chi connectivity index (χ2v) is 5.68. The first-order chi connectivity index (χ1) is 11.2. The maximum Gasteiger partial charge on any atom is 0.340 e. The van der Waals surface area contributed by atoms with E-state index in [0.717, 1.165) is 24.2 Å². The third kappa shape index (κ3) is 3.54. The fourth-order valence-corrected chi connectivity index (χ4v) is 2.74. The van der Waals surface area contributed by atoms with Gasteiger partial charge in [-0.3, -0.25) is 0 Å². The molecule has 0 aliphatic rings. The monoisotopic (exact) mass is 328 g/mol. The highest BCUT2D eigenvalue weighted by Gasteiger charge is 2.16. The van der Waals surface area contributed by atoms with Crippen LogP contribution in [0.15, 0.2) is 42.5 Å². The molecule has 23 heavy (non-hydrogen) atoms. The van der Waals surface area contributed by atoms with Crippen LogP contribution in [-0.2, 0) is 17.6 Å². The fraction of sp³-hybridized carbons (Fsp3) is 0.222. The van der Waals surface area contributed by atoms with Crippen LogP contribution in [0.2, 0.25) is 5.02 Å². The standard InChI is InChI=1S/C18H17ClN2O2/c1-2-23-18(22)14-10-13(19)11-15-17(14)21-16(20-15)9-8-12-6-4-3-5-7-12/h3-7,10-11H,2,8-9H2,1H3,(H,20,21). The molecule has 0 aliphatic heterocycles. The molecule has 0 radical (unpaired) electrons. The molecule has 118 valence electrons. The highest BCUT2D eigenvalue weighted by atomic mass is 35.5. The smallest absolute Gasteiger partial charge is 0.340 e. The van der Waals surface area contributed by atoms with Crippen LogP contribution in [-0.4, -0.2) is 22.5 Å². The van der Waals surface area contributed by atoms with Crippen LogP contribution in [0.3, 0.4) is 0 Å². The highest BCUT2D eigenvalue weighted by Crippen LogP contribution is 2.23. The molecule has 0 aliphatic carbocycles. The second kappa shape index (κ2) is 6.84. The van der Waals surface area contributed by atoms with Gasteiger partial charge in [-0.25, -0.2) is 9.78 Å². The molecule has 3 rings (SSSR count). The van der Waals surface area contributed by atoms with E-state index in [2.05, 4.69) is 22.1 Å². The number of nitrogens with one attached hydrogen (secondary N) is 1. The van der Waals surface area contributed by atoms with E-state index >= 15 is 0 Å². The number of imidazole rings is 1. The molecule has 0 saturated carbocycles. The van der Waals surface area contributed by atoms with Crippen LogP contribution < -0.4 is 0 Å². The van der Waals surface area contributed by atoms with Gasteiger partial charge in [0.1, 0.15) is 11.3 Å². The average Bonchev–Trinajstić information content (AvgIpc) is 2.96. The normalized spacial score (nSPS) is 10.9. The zero-order valence-electron chi connectivity index (χ0n) is 12.8. The molecule has 1 N–H and O–H groups in total. The Morgan fingerprint density at radius 2 is 2.00 bits per heavy atom. The summed E-state index contributed by atoms with van der Waals surface area (Å²) in [6.45, 7) is 2.09. The number of nitrogens with zero attached hydrogens (tertiary/aromatic N) is 1.